The fourth-order valence-electron chi connectivity index (χ4n) is 3.61. The lowest BCUT2D eigenvalue weighted by atomic mass is 9.80. The highest BCUT2D eigenvalue weighted by Crippen LogP contribution is 2.34. The van der Waals surface area contributed by atoms with E-state index in [0.29, 0.717) is 12.1 Å². The maximum atomic E-state index is 9.81. The Labute approximate surface area is 122 Å². The molecule has 2 aliphatic carbocycles. The molecular weight excluding hydrogens is 254 g/mol. The van der Waals surface area contributed by atoms with Gasteiger partial charge in [0.05, 0.1) is 25.4 Å². The van der Waals surface area contributed by atoms with E-state index in [2.05, 4.69) is 5.32 Å². The molecule has 0 radical (unpaired) electrons. The molecule has 0 amide bonds. The van der Waals surface area contributed by atoms with Crippen molar-refractivity contribution in [2.24, 2.45) is 0 Å². The van der Waals surface area contributed by atoms with Crippen molar-refractivity contribution < 1.29 is 14.6 Å². The van der Waals surface area contributed by atoms with Crippen LogP contribution in [0.15, 0.2) is 0 Å². The predicted octanol–water partition coefficient (Wildman–Crippen LogP) is 2.00. The van der Waals surface area contributed by atoms with Crippen LogP contribution in [-0.4, -0.2) is 48.7 Å². The number of nitrogens with one attached hydrogen (secondary N) is 1. The van der Waals surface area contributed by atoms with Gasteiger partial charge in [0, 0.05) is 18.2 Å². The van der Waals surface area contributed by atoms with Gasteiger partial charge in [0.2, 0.25) is 0 Å². The zero-order valence-electron chi connectivity index (χ0n) is 12.5. The van der Waals surface area contributed by atoms with Crippen molar-refractivity contribution in [1.82, 2.24) is 5.32 Å². The van der Waals surface area contributed by atoms with Crippen molar-refractivity contribution >= 4 is 0 Å². The molecule has 1 heterocycles. The van der Waals surface area contributed by atoms with Crippen LogP contribution in [0, 0.1) is 0 Å². The highest BCUT2D eigenvalue weighted by molar-refractivity contribution is 4.99. The lowest BCUT2D eigenvalue weighted by Gasteiger charge is -2.41. The molecule has 0 spiro atoms. The summed E-state index contributed by atoms with van der Waals surface area (Å²) in [5.41, 5.74) is -0.0858. The normalized spacial score (nSPS) is 38.9. The van der Waals surface area contributed by atoms with E-state index in [1.807, 2.05) is 0 Å². The maximum Gasteiger partial charge on any atom is 0.0808 e. The summed E-state index contributed by atoms with van der Waals surface area (Å²) in [4.78, 5) is 0. The molecule has 4 heteroatoms. The maximum absolute atomic E-state index is 9.81. The molecular formula is C16H29NO3. The topological polar surface area (TPSA) is 50.7 Å². The van der Waals surface area contributed by atoms with Crippen molar-refractivity contribution in [3.05, 3.63) is 0 Å². The van der Waals surface area contributed by atoms with Crippen LogP contribution < -0.4 is 5.32 Å². The highest BCUT2D eigenvalue weighted by Gasteiger charge is 2.40. The second-order valence-corrected chi connectivity index (χ2v) is 6.90. The van der Waals surface area contributed by atoms with E-state index in [0.717, 1.165) is 45.3 Å². The summed E-state index contributed by atoms with van der Waals surface area (Å²) in [7, 11) is 0. The van der Waals surface area contributed by atoms with Crippen LogP contribution in [-0.2, 0) is 9.47 Å². The molecule has 1 aliphatic heterocycles. The fraction of sp³-hybridized carbons (Fsp3) is 1.00. The molecule has 3 aliphatic rings. The molecule has 2 saturated carbocycles. The molecule has 3 fully saturated rings. The third-order valence-corrected chi connectivity index (χ3v) is 4.98. The third-order valence-electron chi connectivity index (χ3n) is 4.98. The van der Waals surface area contributed by atoms with Gasteiger partial charge < -0.3 is 19.9 Å². The Hall–Kier alpha value is -0.160. The standard InChI is InChI=1S/C16H29NO3/c18-12-16(17-13-6-7-13)8-3-5-14(10-16)20-11-15-4-1-2-9-19-15/h13-15,17-18H,1-12H2. The van der Waals surface area contributed by atoms with Gasteiger partial charge >= 0.3 is 0 Å². The molecule has 0 aromatic carbocycles. The van der Waals surface area contributed by atoms with Crippen molar-refractivity contribution in [3.8, 4) is 0 Å². The average molecular weight is 283 g/mol. The van der Waals surface area contributed by atoms with E-state index in [4.69, 9.17) is 9.47 Å². The minimum atomic E-state index is -0.0858. The van der Waals surface area contributed by atoms with E-state index < -0.39 is 0 Å². The van der Waals surface area contributed by atoms with Gasteiger partial charge in [0.15, 0.2) is 0 Å². The van der Waals surface area contributed by atoms with E-state index in [1.54, 1.807) is 0 Å². The second kappa shape index (κ2) is 6.73. The lowest BCUT2D eigenvalue weighted by molar-refractivity contribution is -0.0821. The van der Waals surface area contributed by atoms with Crippen molar-refractivity contribution in [2.75, 3.05) is 19.8 Å². The van der Waals surface area contributed by atoms with Crippen molar-refractivity contribution in [2.45, 2.75) is 81.6 Å². The van der Waals surface area contributed by atoms with Gasteiger partial charge in [-0.3, -0.25) is 0 Å². The van der Waals surface area contributed by atoms with Gasteiger partial charge in [-0.1, -0.05) is 0 Å². The monoisotopic (exact) mass is 283 g/mol. The van der Waals surface area contributed by atoms with Crippen LogP contribution in [0.1, 0.15) is 57.8 Å². The average Bonchev–Trinajstić information content (AvgIpc) is 3.30. The van der Waals surface area contributed by atoms with E-state index in [9.17, 15) is 5.11 Å². The summed E-state index contributed by atoms with van der Waals surface area (Å²) in [5.74, 6) is 0. The molecule has 2 N–H and O–H groups in total. The first-order valence-electron chi connectivity index (χ1n) is 8.41. The molecule has 3 atom stereocenters. The first-order valence-corrected chi connectivity index (χ1v) is 8.41. The largest absolute Gasteiger partial charge is 0.394 e. The van der Waals surface area contributed by atoms with Crippen molar-refractivity contribution in [1.29, 1.82) is 0 Å². The van der Waals surface area contributed by atoms with Crippen LogP contribution >= 0.6 is 0 Å². The SMILES string of the molecule is OCC1(NC2CC2)CCCC(OCC2CCCCO2)C1. The first-order chi connectivity index (χ1) is 9.80. The molecule has 0 aromatic heterocycles. The zero-order valence-corrected chi connectivity index (χ0v) is 12.5. The Balaban J connectivity index is 1.46. The van der Waals surface area contributed by atoms with Gasteiger partial charge in [0.1, 0.15) is 0 Å². The minimum Gasteiger partial charge on any atom is -0.394 e. The molecule has 116 valence electrons. The number of aliphatic hydroxyl groups excluding tert-OH is 1. The van der Waals surface area contributed by atoms with E-state index in [1.165, 1.54) is 25.7 Å². The predicted molar refractivity (Wildman–Crippen MR) is 77.8 cm³/mol. The van der Waals surface area contributed by atoms with Crippen LogP contribution in [0.4, 0.5) is 0 Å². The van der Waals surface area contributed by atoms with Crippen LogP contribution in [0.5, 0.6) is 0 Å². The fourth-order valence-corrected chi connectivity index (χ4v) is 3.61. The summed E-state index contributed by atoms with van der Waals surface area (Å²) in [6.45, 7) is 1.86. The van der Waals surface area contributed by atoms with Crippen molar-refractivity contribution in [3.63, 3.8) is 0 Å². The number of rotatable bonds is 6. The Morgan fingerprint density at radius 2 is 2.05 bits per heavy atom. The van der Waals surface area contributed by atoms with E-state index >= 15 is 0 Å². The number of hydrogen-bond donors (Lipinski definition) is 2. The summed E-state index contributed by atoms with van der Waals surface area (Å²) < 4.78 is 11.8. The lowest BCUT2D eigenvalue weighted by Crippen LogP contribution is -2.54. The molecule has 3 rings (SSSR count). The van der Waals surface area contributed by atoms with Gasteiger partial charge in [-0.25, -0.2) is 0 Å². The molecule has 0 aromatic rings. The van der Waals surface area contributed by atoms with Crippen LogP contribution in [0.25, 0.3) is 0 Å². The quantitative estimate of drug-likeness (QED) is 0.783. The van der Waals surface area contributed by atoms with E-state index in [-0.39, 0.29) is 18.2 Å². The van der Waals surface area contributed by atoms with Crippen LogP contribution in [0.2, 0.25) is 0 Å². The highest BCUT2D eigenvalue weighted by atomic mass is 16.5. The van der Waals surface area contributed by atoms with Gasteiger partial charge in [0.25, 0.3) is 0 Å². The molecule has 4 nitrogen and oxygen atoms in total. The minimum absolute atomic E-state index is 0.0858. The molecule has 0 bridgehead atoms. The zero-order chi connectivity index (χ0) is 13.8. The molecule has 20 heavy (non-hydrogen) atoms. The Bertz CT molecular complexity index is 302. The smallest absolute Gasteiger partial charge is 0.0808 e. The van der Waals surface area contributed by atoms with Crippen LogP contribution in [0.3, 0.4) is 0 Å². The van der Waals surface area contributed by atoms with Gasteiger partial charge in [-0.15, -0.1) is 0 Å². The Morgan fingerprint density at radius 1 is 1.15 bits per heavy atom. The Morgan fingerprint density at radius 3 is 2.75 bits per heavy atom. The number of hydrogen-bond acceptors (Lipinski definition) is 4. The Kier molecular flexibility index (Phi) is 4.97. The summed E-state index contributed by atoms with van der Waals surface area (Å²) in [6, 6.07) is 0.641. The first kappa shape index (κ1) is 14.8. The summed E-state index contributed by atoms with van der Waals surface area (Å²) >= 11 is 0. The molecule has 3 unspecified atom stereocenters. The summed E-state index contributed by atoms with van der Waals surface area (Å²) in [6.07, 6.45) is 11.0. The number of ether oxygens (including phenoxy) is 2. The second-order valence-electron chi connectivity index (χ2n) is 6.90. The number of aliphatic hydroxyl groups is 1. The van der Waals surface area contributed by atoms with Gasteiger partial charge in [-0.2, -0.15) is 0 Å². The molecule has 1 saturated heterocycles. The third kappa shape index (κ3) is 3.94. The summed E-state index contributed by atoms with van der Waals surface area (Å²) in [5, 5.41) is 13.5. The van der Waals surface area contributed by atoms with Gasteiger partial charge in [-0.05, 0) is 57.8 Å².